The first-order chi connectivity index (χ1) is 6.15. The van der Waals surface area contributed by atoms with E-state index in [4.69, 9.17) is 5.73 Å². The number of nitrogens with two attached hydrogens (primary N) is 1. The fraction of sp³-hybridized carbons (Fsp3) is 0.222. The second-order valence-corrected chi connectivity index (χ2v) is 2.57. The highest BCUT2D eigenvalue weighted by molar-refractivity contribution is 5.74. The van der Waals surface area contributed by atoms with Crippen LogP contribution in [0.15, 0.2) is 18.2 Å². The van der Waals surface area contributed by atoms with E-state index in [0.29, 0.717) is 5.56 Å². The first-order valence-electron chi connectivity index (χ1n) is 3.75. The second kappa shape index (κ2) is 3.89. The molecule has 70 valence electrons. The standard InChI is InChI=1S/C9H10FNO2/c1-13-8(12)5-6-3-2-4-7(10)9(6)11/h2-4H,5,11H2,1H3. The maximum atomic E-state index is 12.9. The Hall–Kier alpha value is -1.58. The van der Waals surface area contributed by atoms with Gasteiger partial charge in [-0.3, -0.25) is 4.79 Å². The minimum absolute atomic E-state index is 0.0000926. The van der Waals surface area contributed by atoms with Crippen LogP contribution < -0.4 is 5.73 Å². The monoisotopic (exact) mass is 183 g/mol. The van der Waals surface area contributed by atoms with Gasteiger partial charge in [0.1, 0.15) is 5.82 Å². The van der Waals surface area contributed by atoms with Gasteiger partial charge in [0.15, 0.2) is 0 Å². The number of rotatable bonds is 2. The summed E-state index contributed by atoms with van der Waals surface area (Å²) in [4.78, 5) is 10.8. The summed E-state index contributed by atoms with van der Waals surface area (Å²) >= 11 is 0. The van der Waals surface area contributed by atoms with Crippen LogP contribution in [0.3, 0.4) is 0 Å². The molecule has 0 fully saturated rings. The van der Waals surface area contributed by atoms with Crippen molar-refractivity contribution in [1.29, 1.82) is 0 Å². The van der Waals surface area contributed by atoms with Crippen LogP contribution in [0.4, 0.5) is 10.1 Å². The first-order valence-corrected chi connectivity index (χ1v) is 3.75. The van der Waals surface area contributed by atoms with Crippen molar-refractivity contribution in [2.75, 3.05) is 12.8 Å². The molecule has 13 heavy (non-hydrogen) atoms. The molecule has 0 radical (unpaired) electrons. The number of ether oxygens (including phenoxy) is 1. The van der Waals surface area contributed by atoms with Crippen molar-refractivity contribution in [1.82, 2.24) is 0 Å². The van der Waals surface area contributed by atoms with Crippen LogP contribution in [-0.4, -0.2) is 13.1 Å². The number of nitrogen functional groups attached to an aromatic ring is 1. The van der Waals surface area contributed by atoms with E-state index in [1.807, 2.05) is 0 Å². The molecule has 0 saturated carbocycles. The highest BCUT2D eigenvalue weighted by Crippen LogP contribution is 2.16. The second-order valence-electron chi connectivity index (χ2n) is 2.57. The quantitative estimate of drug-likeness (QED) is 0.552. The average Bonchev–Trinajstić information content (AvgIpc) is 2.13. The third kappa shape index (κ3) is 2.18. The van der Waals surface area contributed by atoms with Crippen molar-refractivity contribution in [3.05, 3.63) is 29.6 Å². The van der Waals surface area contributed by atoms with Crippen LogP contribution >= 0.6 is 0 Å². The number of carbonyl (C=O) groups is 1. The smallest absolute Gasteiger partial charge is 0.310 e. The van der Waals surface area contributed by atoms with Gasteiger partial charge in [0, 0.05) is 0 Å². The van der Waals surface area contributed by atoms with Crippen LogP contribution in [-0.2, 0) is 16.0 Å². The van der Waals surface area contributed by atoms with Crippen LogP contribution in [0.5, 0.6) is 0 Å². The van der Waals surface area contributed by atoms with Crippen molar-refractivity contribution in [3.63, 3.8) is 0 Å². The van der Waals surface area contributed by atoms with E-state index >= 15 is 0 Å². The molecule has 0 saturated heterocycles. The summed E-state index contributed by atoms with van der Waals surface area (Å²) in [6, 6.07) is 4.34. The summed E-state index contributed by atoms with van der Waals surface area (Å²) in [7, 11) is 1.28. The zero-order valence-electron chi connectivity index (χ0n) is 7.21. The Balaban J connectivity index is 2.89. The lowest BCUT2D eigenvalue weighted by molar-refractivity contribution is -0.139. The Morgan fingerprint density at radius 2 is 2.31 bits per heavy atom. The number of methoxy groups -OCH3 is 1. The molecule has 0 unspecified atom stereocenters. The molecule has 3 nitrogen and oxygen atoms in total. The Kier molecular flexibility index (Phi) is 2.84. The molecule has 0 aliphatic rings. The van der Waals surface area contributed by atoms with E-state index in [0.717, 1.165) is 0 Å². The van der Waals surface area contributed by atoms with Crippen LogP contribution in [0, 0.1) is 5.82 Å². The van der Waals surface area contributed by atoms with Crippen molar-refractivity contribution in [3.8, 4) is 0 Å². The molecular formula is C9H10FNO2. The molecule has 4 heteroatoms. The molecule has 0 atom stereocenters. The Morgan fingerprint density at radius 1 is 1.62 bits per heavy atom. The number of anilines is 1. The molecule has 0 aromatic heterocycles. The SMILES string of the molecule is COC(=O)Cc1cccc(F)c1N. The Labute approximate surface area is 75.3 Å². The van der Waals surface area contributed by atoms with E-state index in [2.05, 4.69) is 4.74 Å². The van der Waals surface area contributed by atoms with Gasteiger partial charge in [0.05, 0.1) is 19.2 Å². The first kappa shape index (κ1) is 9.51. The summed E-state index contributed by atoms with van der Waals surface area (Å²) in [5.41, 5.74) is 5.86. The van der Waals surface area contributed by atoms with Crippen molar-refractivity contribution in [2.24, 2.45) is 0 Å². The summed E-state index contributed by atoms with van der Waals surface area (Å²) in [6.07, 6.45) is 0.0000926. The molecule has 0 bridgehead atoms. The molecule has 0 aliphatic heterocycles. The fourth-order valence-electron chi connectivity index (χ4n) is 0.964. The van der Waals surface area contributed by atoms with Gasteiger partial charge >= 0.3 is 5.97 Å². The fourth-order valence-corrected chi connectivity index (χ4v) is 0.964. The Morgan fingerprint density at radius 3 is 2.92 bits per heavy atom. The zero-order chi connectivity index (χ0) is 9.84. The summed E-state index contributed by atoms with van der Waals surface area (Å²) in [5.74, 6) is -0.946. The molecule has 0 aliphatic carbocycles. The Bertz CT molecular complexity index is 325. The van der Waals surface area contributed by atoms with Gasteiger partial charge in [-0.05, 0) is 11.6 Å². The molecule has 2 N–H and O–H groups in total. The largest absolute Gasteiger partial charge is 0.469 e. The predicted octanol–water partition coefficient (Wildman–Crippen LogP) is 1.12. The molecule has 0 heterocycles. The number of carbonyl (C=O) groups excluding carboxylic acids is 1. The van der Waals surface area contributed by atoms with E-state index in [1.54, 1.807) is 6.07 Å². The van der Waals surface area contributed by atoms with Crippen LogP contribution in [0.25, 0.3) is 0 Å². The van der Waals surface area contributed by atoms with Crippen LogP contribution in [0.1, 0.15) is 5.56 Å². The molecule has 0 amide bonds. The zero-order valence-corrected chi connectivity index (χ0v) is 7.21. The van der Waals surface area contributed by atoms with Gasteiger partial charge in [0.2, 0.25) is 0 Å². The minimum atomic E-state index is -0.513. The highest BCUT2D eigenvalue weighted by atomic mass is 19.1. The average molecular weight is 183 g/mol. The van der Waals surface area contributed by atoms with Crippen molar-refractivity contribution in [2.45, 2.75) is 6.42 Å². The van der Waals surface area contributed by atoms with Gasteiger partial charge in [-0.2, -0.15) is 0 Å². The third-order valence-electron chi connectivity index (χ3n) is 1.71. The van der Waals surface area contributed by atoms with Crippen molar-refractivity contribution < 1.29 is 13.9 Å². The topological polar surface area (TPSA) is 52.3 Å². The summed E-state index contributed by atoms with van der Waals surface area (Å²) in [6.45, 7) is 0. The molecule has 1 aromatic rings. The van der Waals surface area contributed by atoms with Crippen LogP contribution in [0.2, 0.25) is 0 Å². The summed E-state index contributed by atoms with van der Waals surface area (Å²) in [5, 5.41) is 0. The predicted molar refractivity (Wildman–Crippen MR) is 46.5 cm³/mol. The number of para-hydroxylation sites is 1. The van der Waals surface area contributed by atoms with E-state index in [1.165, 1.54) is 19.2 Å². The number of halogens is 1. The molecule has 1 aromatic carbocycles. The van der Waals surface area contributed by atoms with Crippen molar-refractivity contribution >= 4 is 11.7 Å². The van der Waals surface area contributed by atoms with Gasteiger partial charge in [-0.25, -0.2) is 4.39 Å². The normalized spacial score (nSPS) is 9.69. The third-order valence-corrected chi connectivity index (χ3v) is 1.71. The number of esters is 1. The maximum absolute atomic E-state index is 12.9. The number of hydrogen-bond acceptors (Lipinski definition) is 3. The van der Waals surface area contributed by atoms with E-state index < -0.39 is 11.8 Å². The lowest BCUT2D eigenvalue weighted by Crippen LogP contribution is -2.07. The van der Waals surface area contributed by atoms with Gasteiger partial charge in [-0.1, -0.05) is 12.1 Å². The summed E-state index contributed by atoms with van der Waals surface area (Å²) < 4.78 is 17.3. The van der Waals surface area contributed by atoms with Gasteiger partial charge < -0.3 is 10.5 Å². The molecule has 1 rings (SSSR count). The highest BCUT2D eigenvalue weighted by Gasteiger charge is 2.08. The van der Waals surface area contributed by atoms with E-state index in [9.17, 15) is 9.18 Å². The molecular weight excluding hydrogens is 173 g/mol. The lowest BCUT2D eigenvalue weighted by atomic mass is 10.1. The van der Waals surface area contributed by atoms with E-state index in [-0.39, 0.29) is 12.1 Å². The minimum Gasteiger partial charge on any atom is -0.469 e. The van der Waals surface area contributed by atoms with Gasteiger partial charge in [-0.15, -0.1) is 0 Å². The molecule has 0 spiro atoms. The number of benzene rings is 1. The maximum Gasteiger partial charge on any atom is 0.310 e. The number of hydrogen-bond donors (Lipinski definition) is 1. The van der Waals surface area contributed by atoms with Gasteiger partial charge in [0.25, 0.3) is 0 Å². The lowest BCUT2D eigenvalue weighted by Gasteiger charge is -2.04.